The van der Waals surface area contributed by atoms with Gasteiger partial charge in [-0.25, -0.2) is 0 Å². The van der Waals surface area contributed by atoms with E-state index in [1.807, 2.05) is 24.4 Å². The number of nitrogens with one attached hydrogen (secondary N) is 3. The molecule has 0 bridgehead atoms. The van der Waals surface area contributed by atoms with Gasteiger partial charge in [0.2, 0.25) is 5.91 Å². The first-order valence-corrected chi connectivity index (χ1v) is 6.25. The average molecular weight is 266 g/mol. The van der Waals surface area contributed by atoms with E-state index in [0.29, 0.717) is 13.1 Å². The highest BCUT2D eigenvalue weighted by atomic mass is 35.5. The van der Waals surface area contributed by atoms with Crippen molar-refractivity contribution in [3.05, 3.63) is 35.0 Å². The third-order valence-corrected chi connectivity index (χ3v) is 3.02. The molecule has 5 heteroatoms. The first-order chi connectivity index (χ1) is 8.70. The number of amides is 1. The summed E-state index contributed by atoms with van der Waals surface area (Å²) in [5, 5.41) is 7.51. The number of rotatable bonds is 5. The van der Waals surface area contributed by atoms with Gasteiger partial charge in [0.1, 0.15) is 0 Å². The Hall–Kier alpha value is -1.52. The van der Waals surface area contributed by atoms with Crippen LogP contribution in [0, 0.1) is 0 Å². The second-order valence-electron chi connectivity index (χ2n) is 4.13. The van der Waals surface area contributed by atoms with E-state index in [1.165, 1.54) is 0 Å². The van der Waals surface area contributed by atoms with E-state index in [2.05, 4.69) is 15.6 Å². The van der Waals surface area contributed by atoms with E-state index in [0.717, 1.165) is 27.9 Å². The highest BCUT2D eigenvalue weighted by molar-refractivity contribution is 6.31. The third-order valence-electron chi connectivity index (χ3n) is 2.78. The maximum atomic E-state index is 11.3. The minimum atomic E-state index is 0.00961. The zero-order valence-electron chi connectivity index (χ0n) is 10.2. The summed E-state index contributed by atoms with van der Waals surface area (Å²) in [6.07, 6.45) is 2.75. The van der Waals surface area contributed by atoms with E-state index in [1.54, 1.807) is 7.05 Å². The summed E-state index contributed by atoms with van der Waals surface area (Å²) in [7, 11) is 1.75. The van der Waals surface area contributed by atoms with Gasteiger partial charge in [-0.15, -0.1) is 0 Å². The molecule has 18 heavy (non-hydrogen) atoms. The molecule has 0 spiro atoms. The molecule has 1 amide bonds. The van der Waals surface area contributed by atoms with Crippen LogP contribution in [0.2, 0.25) is 5.02 Å². The third kappa shape index (κ3) is 3.03. The molecule has 0 saturated carbocycles. The number of halogens is 1. The molecule has 4 nitrogen and oxygen atoms in total. The summed E-state index contributed by atoms with van der Waals surface area (Å²) < 4.78 is 0. The molecule has 0 fully saturated rings. The second kappa shape index (κ2) is 5.89. The standard InChI is InChI=1S/C13H16ClN3O/c1-15-8-13(18)16-5-4-9-7-17-12-3-2-10(14)6-11(9)12/h2-3,6-7,15,17H,4-5,8H2,1H3,(H,16,18). The van der Waals surface area contributed by atoms with Crippen LogP contribution in [0.4, 0.5) is 0 Å². The van der Waals surface area contributed by atoms with Crippen molar-refractivity contribution in [1.82, 2.24) is 15.6 Å². The van der Waals surface area contributed by atoms with Gasteiger partial charge in [0.15, 0.2) is 0 Å². The van der Waals surface area contributed by atoms with Crippen molar-refractivity contribution in [2.45, 2.75) is 6.42 Å². The predicted molar refractivity (Wildman–Crippen MR) is 73.9 cm³/mol. The fraction of sp³-hybridized carbons (Fsp3) is 0.308. The Morgan fingerprint density at radius 3 is 3.06 bits per heavy atom. The first-order valence-electron chi connectivity index (χ1n) is 5.87. The predicted octanol–water partition coefficient (Wildman–Crippen LogP) is 1.70. The smallest absolute Gasteiger partial charge is 0.233 e. The Balaban J connectivity index is 1.99. The SMILES string of the molecule is CNCC(=O)NCCc1c[nH]c2ccc(Cl)cc12. The number of carbonyl (C=O) groups is 1. The summed E-state index contributed by atoms with van der Waals surface area (Å²) in [6, 6.07) is 5.76. The normalized spacial score (nSPS) is 10.8. The van der Waals surface area contributed by atoms with Gasteiger partial charge in [-0.1, -0.05) is 11.6 Å². The van der Waals surface area contributed by atoms with Gasteiger partial charge >= 0.3 is 0 Å². The molecule has 2 aromatic rings. The number of benzene rings is 1. The summed E-state index contributed by atoms with van der Waals surface area (Å²) >= 11 is 5.98. The Labute approximate surface area is 111 Å². The Morgan fingerprint density at radius 1 is 1.44 bits per heavy atom. The zero-order chi connectivity index (χ0) is 13.0. The first kappa shape index (κ1) is 12.9. The van der Waals surface area contributed by atoms with Crippen LogP contribution in [0.1, 0.15) is 5.56 Å². The van der Waals surface area contributed by atoms with Crippen molar-refractivity contribution in [2.75, 3.05) is 20.1 Å². The van der Waals surface area contributed by atoms with Crippen LogP contribution in [-0.2, 0) is 11.2 Å². The number of aromatic nitrogens is 1. The lowest BCUT2D eigenvalue weighted by atomic mass is 10.1. The summed E-state index contributed by atoms with van der Waals surface area (Å²) in [6.45, 7) is 0.972. The molecule has 3 N–H and O–H groups in total. The van der Waals surface area contributed by atoms with Crippen LogP contribution >= 0.6 is 11.6 Å². The molecule has 1 heterocycles. The maximum Gasteiger partial charge on any atom is 0.233 e. The van der Waals surface area contributed by atoms with Crippen LogP contribution in [0.3, 0.4) is 0 Å². The molecular weight excluding hydrogens is 250 g/mol. The molecule has 0 radical (unpaired) electrons. The van der Waals surface area contributed by atoms with Crippen LogP contribution in [-0.4, -0.2) is 31.0 Å². The molecule has 0 aliphatic heterocycles. The minimum Gasteiger partial charge on any atom is -0.361 e. The van der Waals surface area contributed by atoms with Crippen LogP contribution in [0.15, 0.2) is 24.4 Å². The van der Waals surface area contributed by atoms with Crippen molar-refractivity contribution >= 4 is 28.4 Å². The maximum absolute atomic E-state index is 11.3. The van der Waals surface area contributed by atoms with Crippen molar-refractivity contribution in [3.63, 3.8) is 0 Å². The highest BCUT2D eigenvalue weighted by Crippen LogP contribution is 2.22. The number of hydrogen-bond acceptors (Lipinski definition) is 2. The number of likely N-dealkylation sites (N-methyl/N-ethyl adjacent to an activating group) is 1. The summed E-state index contributed by atoms with van der Waals surface area (Å²) in [5.74, 6) is 0.00961. The Bertz CT molecular complexity index is 550. The Morgan fingerprint density at radius 2 is 2.28 bits per heavy atom. The van der Waals surface area contributed by atoms with E-state index < -0.39 is 0 Å². The van der Waals surface area contributed by atoms with Gasteiger partial charge in [0.05, 0.1) is 6.54 Å². The monoisotopic (exact) mass is 265 g/mol. The molecule has 0 atom stereocenters. The lowest BCUT2D eigenvalue weighted by Crippen LogP contribution is -2.33. The van der Waals surface area contributed by atoms with E-state index >= 15 is 0 Å². The van der Waals surface area contributed by atoms with Crippen molar-refractivity contribution in [3.8, 4) is 0 Å². The average Bonchev–Trinajstić information content (AvgIpc) is 2.72. The molecule has 0 unspecified atom stereocenters. The van der Waals surface area contributed by atoms with Gasteiger partial charge in [-0.2, -0.15) is 0 Å². The van der Waals surface area contributed by atoms with Gasteiger partial charge in [-0.05, 0) is 37.2 Å². The number of H-pyrrole nitrogens is 1. The number of hydrogen-bond donors (Lipinski definition) is 3. The number of carbonyl (C=O) groups excluding carboxylic acids is 1. The lowest BCUT2D eigenvalue weighted by Gasteiger charge is -2.04. The van der Waals surface area contributed by atoms with Gasteiger partial charge in [0, 0.05) is 28.7 Å². The molecular formula is C13H16ClN3O. The van der Waals surface area contributed by atoms with Crippen LogP contribution < -0.4 is 10.6 Å². The van der Waals surface area contributed by atoms with Crippen molar-refractivity contribution in [2.24, 2.45) is 0 Å². The van der Waals surface area contributed by atoms with E-state index in [-0.39, 0.29) is 5.91 Å². The molecule has 96 valence electrons. The summed E-state index contributed by atoms with van der Waals surface area (Å²) in [5.41, 5.74) is 2.23. The highest BCUT2D eigenvalue weighted by Gasteiger charge is 2.05. The molecule has 1 aromatic carbocycles. The van der Waals surface area contributed by atoms with Crippen LogP contribution in [0.5, 0.6) is 0 Å². The molecule has 1 aromatic heterocycles. The van der Waals surface area contributed by atoms with Gasteiger partial charge in [-0.3, -0.25) is 4.79 Å². The quantitative estimate of drug-likeness (QED) is 0.771. The number of fused-ring (bicyclic) bond motifs is 1. The van der Waals surface area contributed by atoms with Crippen LogP contribution in [0.25, 0.3) is 10.9 Å². The van der Waals surface area contributed by atoms with Gasteiger partial charge < -0.3 is 15.6 Å². The molecule has 2 rings (SSSR count). The van der Waals surface area contributed by atoms with Crippen molar-refractivity contribution in [1.29, 1.82) is 0 Å². The molecule has 0 aliphatic carbocycles. The molecule has 0 saturated heterocycles. The molecule has 0 aliphatic rings. The fourth-order valence-electron chi connectivity index (χ4n) is 1.92. The fourth-order valence-corrected chi connectivity index (χ4v) is 2.09. The van der Waals surface area contributed by atoms with E-state index in [4.69, 9.17) is 11.6 Å². The second-order valence-corrected chi connectivity index (χ2v) is 4.57. The minimum absolute atomic E-state index is 0.00961. The largest absolute Gasteiger partial charge is 0.361 e. The summed E-state index contributed by atoms with van der Waals surface area (Å²) in [4.78, 5) is 14.5. The van der Waals surface area contributed by atoms with Gasteiger partial charge in [0.25, 0.3) is 0 Å². The van der Waals surface area contributed by atoms with Crippen molar-refractivity contribution < 1.29 is 4.79 Å². The topological polar surface area (TPSA) is 56.9 Å². The lowest BCUT2D eigenvalue weighted by molar-refractivity contribution is -0.120. The zero-order valence-corrected chi connectivity index (χ0v) is 11.0. The van der Waals surface area contributed by atoms with E-state index in [9.17, 15) is 4.79 Å². The Kier molecular flexibility index (Phi) is 4.23. The number of aromatic amines is 1.